The molecule has 1 rings (SSSR count). The first kappa shape index (κ1) is 14.9. The molecule has 0 radical (unpaired) electrons. The van der Waals surface area contributed by atoms with Crippen LogP contribution in [0.4, 0.5) is 0 Å². The second-order valence-corrected chi connectivity index (χ2v) is 4.74. The molecule has 1 aliphatic rings. The minimum absolute atomic E-state index is 0.00287. The molecule has 0 aromatic heterocycles. The molecule has 1 N–H and O–H groups in total. The second kappa shape index (κ2) is 7.33. The first-order valence-electron chi connectivity index (χ1n) is 6.34. The summed E-state index contributed by atoms with van der Waals surface area (Å²) in [5.74, 6) is -0.163. The SMILES string of the molecule is CC(C)OCC(=O)N(C)CC(=O)N1CCNCC1. The number of nitrogens with zero attached hydrogens (tertiary/aromatic N) is 2. The normalized spacial score (nSPS) is 15.9. The van der Waals surface area contributed by atoms with E-state index in [2.05, 4.69) is 5.32 Å². The Labute approximate surface area is 108 Å². The van der Waals surface area contributed by atoms with Gasteiger partial charge in [0, 0.05) is 33.2 Å². The van der Waals surface area contributed by atoms with Gasteiger partial charge < -0.3 is 19.9 Å². The first-order chi connectivity index (χ1) is 8.50. The van der Waals surface area contributed by atoms with E-state index in [1.54, 1.807) is 11.9 Å². The maximum Gasteiger partial charge on any atom is 0.248 e. The first-order valence-corrected chi connectivity index (χ1v) is 6.34. The van der Waals surface area contributed by atoms with Crippen molar-refractivity contribution in [1.82, 2.24) is 15.1 Å². The number of hydrogen-bond acceptors (Lipinski definition) is 4. The van der Waals surface area contributed by atoms with Crippen LogP contribution in [0.5, 0.6) is 0 Å². The summed E-state index contributed by atoms with van der Waals surface area (Å²) in [5, 5.41) is 3.18. The summed E-state index contributed by atoms with van der Waals surface area (Å²) in [7, 11) is 1.63. The van der Waals surface area contributed by atoms with E-state index in [0.717, 1.165) is 13.1 Å². The molecule has 2 amide bonds. The van der Waals surface area contributed by atoms with E-state index in [1.807, 2.05) is 13.8 Å². The van der Waals surface area contributed by atoms with E-state index < -0.39 is 0 Å². The zero-order chi connectivity index (χ0) is 13.5. The highest BCUT2D eigenvalue weighted by molar-refractivity contribution is 5.85. The Kier molecular flexibility index (Phi) is 6.07. The Hall–Kier alpha value is -1.14. The Balaban J connectivity index is 2.31. The van der Waals surface area contributed by atoms with Crippen LogP contribution in [-0.4, -0.2) is 74.1 Å². The Morgan fingerprint density at radius 2 is 1.94 bits per heavy atom. The Bertz CT molecular complexity index is 288. The average Bonchev–Trinajstić information content (AvgIpc) is 2.36. The fourth-order valence-electron chi connectivity index (χ4n) is 1.65. The number of hydrogen-bond donors (Lipinski definition) is 1. The molecule has 6 nitrogen and oxygen atoms in total. The lowest BCUT2D eigenvalue weighted by Gasteiger charge is -2.29. The zero-order valence-corrected chi connectivity index (χ0v) is 11.4. The highest BCUT2D eigenvalue weighted by Crippen LogP contribution is 1.97. The van der Waals surface area contributed by atoms with Gasteiger partial charge in [-0.3, -0.25) is 9.59 Å². The number of carbonyl (C=O) groups excluding carboxylic acids is 2. The molecule has 0 saturated carbocycles. The van der Waals surface area contributed by atoms with Crippen molar-refractivity contribution in [2.24, 2.45) is 0 Å². The van der Waals surface area contributed by atoms with Crippen molar-refractivity contribution in [2.75, 3.05) is 46.4 Å². The smallest absolute Gasteiger partial charge is 0.248 e. The van der Waals surface area contributed by atoms with Crippen LogP contribution in [0.25, 0.3) is 0 Å². The molecule has 0 unspecified atom stereocenters. The standard InChI is InChI=1S/C12H23N3O3/c1-10(2)18-9-12(17)14(3)8-11(16)15-6-4-13-5-7-15/h10,13H,4-9H2,1-3H3. The van der Waals surface area contributed by atoms with Crippen LogP contribution in [0.1, 0.15) is 13.8 Å². The van der Waals surface area contributed by atoms with E-state index in [9.17, 15) is 9.59 Å². The van der Waals surface area contributed by atoms with Gasteiger partial charge in [-0.25, -0.2) is 0 Å². The Morgan fingerprint density at radius 1 is 1.33 bits per heavy atom. The van der Waals surface area contributed by atoms with Crippen molar-refractivity contribution >= 4 is 11.8 Å². The molecular weight excluding hydrogens is 234 g/mol. The molecule has 6 heteroatoms. The summed E-state index contributed by atoms with van der Waals surface area (Å²) >= 11 is 0. The number of amides is 2. The highest BCUT2D eigenvalue weighted by atomic mass is 16.5. The summed E-state index contributed by atoms with van der Waals surface area (Å²) < 4.78 is 5.23. The highest BCUT2D eigenvalue weighted by Gasteiger charge is 2.19. The van der Waals surface area contributed by atoms with Gasteiger partial charge in [0.2, 0.25) is 11.8 Å². The largest absolute Gasteiger partial charge is 0.369 e. The molecule has 0 bridgehead atoms. The van der Waals surface area contributed by atoms with Crippen LogP contribution < -0.4 is 5.32 Å². The van der Waals surface area contributed by atoms with Crippen LogP contribution in [0.15, 0.2) is 0 Å². The number of piperazine rings is 1. The maximum absolute atomic E-state index is 11.9. The topological polar surface area (TPSA) is 61.9 Å². The van der Waals surface area contributed by atoms with Gasteiger partial charge in [-0.15, -0.1) is 0 Å². The minimum Gasteiger partial charge on any atom is -0.369 e. The van der Waals surface area contributed by atoms with Crippen LogP contribution in [0, 0.1) is 0 Å². The lowest BCUT2D eigenvalue weighted by molar-refractivity contribution is -0.143. The number of carbonyl (C=O) groups is 2. The van der Waals surface area contributed by atoms with E-state index >= 15 is 0 Å². The van der Waals surface area contributed by atoms with Crippen molar-refractivity contribution in [2.45, 2.75) is 20.0 Å². The van der Waals surface area contributed by atoms with Crippen LogP contribution in [-0.2, 0) is 14.3 Å². The molecule has 18 heavy (non-hydrogen) atoms. The van der Waals surface area contributed by atoms with Gasteiger partial charge in [0.1, 0.15) is 6.61 Å². The third-order valence-corrected chi connectivity index (χ3v) is 2.81. The molecule has 1 aliphatic heterocycles. The molecule has 104 valence electrons. The van der Waals surface area contributed by atoms with Crippen molar-refractivity contribution in [3.05, 3.63) is 0 Å². The molecule has 1 fully saturated rings. The lowest BCUT2D eigenvalue weighted by atomic mass is 10.3. The lowest BCUT2D eigenvalue weighted by Crippen LogP contribution is -2.50. The van der Waals surface area contributed by atoms with Gasteiger partial charge in [-0.1, -0.05) is 0 Å². The van der Waals surface area contributed by atoms with E-state index in [1.165, 1.54) is 4.90 Å². The van der Waals surface area contributed by atoms with Crippen LogP contribution >= 0.6 is 0 Å². The Morgan fingerprint density at radius 3 is 2.50 bits per heavy atom. The molecule has 0 atom stereocenters. The van der Waals surface area contributed by atoms with E-state index in [0.29, 0.717) is 13.1 Å². The van der Waals surface area contributed by atoms with Crippen LogP contribution in [0.2, 0.25) is 0 Å². The molecular formula is C12H23N3O3. The number of ether oxygens (including phenoxy) is 1. The molecule has 1 heterocycles. The predicted octanol–water partition coefficient (Wildman–Crippen LogP) is -0.698. The van der Waals surface area contributed by atoms with Crippen molar-refractivity contribution in [1.29, 1.82) is 0 Å². The van der Waals surface area contributed by atoms with Gasteiger partial charge >= 0.3 is 0 Å². The summed E-state index contributed by atoms with van der Waals surface area (Å²) in [5.41, 5.74) is 0. The summed E-state index contributed by atoms with van der Waals surface area (Å²) in [4.78, 5) is 26.8. The molecule has 0 aromatic carbocycles. The molecule has 1 saturated heterocycles. The summed E-state index contributed by atoms with van der Waals surface area (Å²) in [6.45, 7) is 6.97. The third-order valence-electron chi connectivity index (χ3n) is 2.81. The monoisotopic (exact) mass is 257 g/mol. The fourth-order valence-corrected chi connectivity index (χ4v) is 1.65. The zero-order valence-electron chi connectivity index (χ0n) is 11.4. The maximum atomic E-state index is 11.9. The number of rotatable bonds is 5. The minimum atomic E-state index is -0.160. The van der Waals surface area contributed by atoms with Crippen LogP contribution in [0.3, 0.4) is 0 Å². The quantitative estimate of drug-likeness (QED) is 0.707. The second-order valence-electron chi connectivity index (χ2n) is 4.74. The molecule has 0 aliphatic carbocycles. The van der Waals surface area contributed by atoms with E-state index in [4.69, 9.17) is 4.74 Å². The van der Waals surface area contributed by atoms with Crippen molar-refractivity contribution in [3.8, 4) is 0 Å². The summed E-state index contributed by atoms with van der Waals surface area (Å²) in [6, 6.07) is 0. The molecule has 0 aromatic rings. The fraction of sp³-hybridized carbons (Fsp3) is 0.833. The van der Waals surface area contributed by atoms with Gasteiger partial charge in [0.25, 0.3) is 0 Å². The van der Waals surface area contributed by atoms with Gasteiger partial charge in [0.15, 0.2) is 0 Å². The summed E-state index contributed by atoms with van der Waals surface area (Å²) in [6.07, 6.45) is 0.0196. The molecule has 0 spiro atoms. The van der Waals surface area contributed by atoms with E-state index in [-0.39, 0.29) is 31.1 Å². The average molecular weight is 257 g/mol. The number of likely N-dealkylation sites (N-methyl/N-ethyl adjacent to an activating group) is 1. The van der Waals surface area contributed by atoms with Gasteiger partial charge in [-0.2, -0.15) is 0 Å². The van der Waals surface area contributed by atoms with Gasteiger partial charge in [0.05, 0.1) is 12.6 Å². The van der Waals surface area contributed by atoms with Crippen molar-refractivity contribution < 1.29 is 14.3 Å². The number of nitrogens with one attached hydrogen (secondary N) is 1. The van der Waals surface area contributed by atoms with Gasteiger partial charge in [-0.05, 0) is 13.8 Å². The van der Waals surface area contributed by atoms with Crippen molar-refractivity contribution in [3.63, 3.8) is 0 Å². The third kappa shape index (κ3) is 5.01. The predicted molar refractivity (Wildman–Crippen MR) is 68.2 cm³/mol.